The van der Waals surface area contributed by atoms with Crippen molar-refractivity contribution in [3.63, 3.8) is 0 Å². The van der Waals surface area contributed by atoms with Crippen LogP contribution in [0.2, 0.25) is 0 Å². The Morgan fingerprint density at radius 1 is 1.00 bits per heavy atom. The zero-order chi connectivity index (χ0) is 21.6. The van der Waals surface area contributed by atoms with Crippen LogP contribution >= 0.6 is 0 Å². The van der Waals surface area contributed by atoms with Crippen LogP contribution in [0.3, 0.4) is 0 Å². The van der Waals surface area contributed by atoms with Crippen LogP contribution in [0, 0.1) is 6.92 Å². The van der Waals surface area contributed by atoms with Crippen LogP contribution < -0.4 is 0 Å². The molecule has 1 aromatic carbocycles. The standard InChI is InChI=1S/C25H34N4O2/c1-19-23(9-5-8-20-6-3-2-4-7-20)26-18-27-24(19)25(31)29-14-10-21(11-15-29)28-16-12-22(30)13-17-28/h2-4,6-7,18,21-22,30H,5,8-17H2,1H3. The maximum atomic E-state index is 13.2. The molecule has 6 heteroatoms. The largest absolute Gasteiger partial charge is 0.393 e. The molecule has 0 radical (unpaired) electrons. The van der Waals surface area contributed by atoms with Gasteiger partial charge in [-0.3, -0.25) is 4.79 Å². The number of piperidine rings is 2. The second-order valence-electron chi connectivity index (χ2n) is 8.92. The number of carbonyl (C=O) groups excluding carboxylic acids is 1. The monoisotopic (exact) mass is 422 g/mol. The van der Waals surface area contributed by atoms with Crippen molar-refractivity contribution in [2.75, 3.05) is 26.2 Å². The molecule has 0 bridgehead atoms. The molecular weight excluding hydrogens is 388 g/mol. The highest BCUT2D eigenvalue weighted by molar-refractivity contribution is 5.93. The molecule has 0 spiro atoms. The molecule has 2 aromatic rings. The van der Waals surface area contributed by atoms with Crippen LogP contribution in [0.25, 0.3) is 0 Å². The number of hydrogen-bond donors (Lipinski definition) is 1. The Balaban J connectivity index is 1.32. The van der Waals surface area contributed by atoms with Gasteiger partial charge in [0, 0.05) is 43.5 Å². The van der Waals surface area contributed by atoms with E-state index in [0.29, 0.717) is 11.7 Å². The number of nitrogens with zero attached hydrogens (tertiary/aromatic N) is 4. The van der Waals surface area contributed by atoms with Crippen molar-refractivity contribution in [1.82, 2.24) is 19.8 Å². The lowest BCUT2D eigenvalue weighted by atomic mass is 9.98. The van der Waals surface area contributed by atoms with Crippen molar-refractivity contribution >= 4 is 5.91 Å². The molecule has 31 heavy (non-hydrogen) atoms. The molecule has 0 unspecified atom stereocenters. The molecular formula is C25H34N4O2. The molecule has 1 aromatic heterocycles. The van der Waals surface area contributed by atoms with E-state index in [-0.39, 0.29) is 12.0 Å². The van der Waals surface area contributed by atoms with E-state index in [1.165, 1.54) is 5.56 Å². The van der Waals surface area contributed by atoms with Crippen molar-refractivity contribution < 1.29 is 9.90 Å². The van der Waals surface area contributed by atoms with E-state index in [2.05, 4.69) is 39.1 Å². The number of benzene rings is 1. The highest BCUT2D eigenvalue weighted by Gasteiger charge is 2.30. The van der Waals surface area contributed by atoms with E-state index in [4.69, 9.17) is 0 Å². The first-order valence-corrected chi connectivity index (χ1v) is 11.7. The average Bonchev–Trinajstić information content (AvgIpc) is 2.81. The van der Waals surface area contributed by atoms with Crippen molar-refractivity contribution in [2.24, 2.45) is 0 Å². The van der Waals surface area contributed by atoms with Gasteiger partial charge in [0.15, 0.2) is 0 Å². The summed E-state index contributed by atoms with van der Waals surface area (Å²) in [4.78, 5) is 26.5. The fraction of sp³-hybridized carbons (Fsp3) is 0.560. The molecule has 3 heterocycles. The van der Waals surface area contributed by atoms with Crippen LogP contribution in [0.4, 0.5) is 0 Å². The Morgan fingerprint density at radius 2 is 1.71 bits per heavy atom. The molecule has 0 aliphatic carbocycles. The van der Waals surface area contributed by atoms with E-state index >= 15 is 0 Å². The van der Waals surface area contributed by atoms with Crippen LogP contribution in [-0.4, -0.2) is 69.1 Å². The van der Waals surface area contributed by atoms with Gasteiger partial charge in [0.25, 0.3) is 5.91 Å². The highest BCUT2D eigenvalue weighted by atomic mass is 16.3. The fourth-order valence-corrected chi connectivity index (χ4v) is 4.89. The van der Waals surface area contributed by atoms with Gasteiger partial charge in [0.05, 0.1) is 6.10 Å². The lowest BCUT2D eigenvalue weighted by Gasteiger charge is -2.41. The maximum absolute atomic E-state index is 13.2. The van der Waals surface area contributed by atoms with Crippen LogP contribution in [0.5, 0.6) is 0 Å². The number of aliphatic hydroxyl groups excluding tert-OH is 1. The van der Waals surface area contributed by atoms with Gasteiger partial charge in [-0.1, -0.05) is 30.3 Å². The predicted molar refractivity (Wildman–Crippen MR) is 121 cm³/mol. The van der Waals surface area contributed by atoms with Gasteiger partial charge in [-0.05, 0) is 57.4 Å². The second-order valence-corrected chi connectivity index (χ2v) is 8.92. The minimum Gasteiger partial charge on any atom is -0.393 e. The van der Waals surface area contributed by atoms with Gasteiger partial charge in [-0.25, -0.2) is 9.97 Å². The first-order chi connectivity index (χ1) is 15.1. The van der Waals surface area contributed by atoms with Gasteiger partial charge in [-0.15, -0.1) is 0 Å². The van der Waals surface area contributed by atoms with Crippen molar-refractivity contribution in [3.8, 4) is 0 Å². The topological polar surface area (TPSA) is 69.6 Å². The Labute approximate surface area is 185 Å². The van der Waals surface area contributed by atoms with Gasteiger partial charge in [0.2, 0.25) is 0 Å². The first kappa shape index (κ1) is 21.9. The van der Waals surface area contributed by atoms with Crippen LogP contribution in [-0.2, 0) is 12.8 Å². The lowest BCUT2D eigenvalue weighted by molar-refractivity contribution is 0.0355. The van der Waals surface area contributed by atoms with Gasteiger partial charge < -0.3 is 14.9 Å². The minimum absolute atomic E-state index is 0.0386. The number of aromatic nitrogens is 2. The average molecular weight is 423 g/mol. The Hall–Kier alpha value is -2.31. The summed E-state index contributed by atoms with van der Waals surface area (Å²) in [5.41, 5.74) is 3.80. The SMILES string of the molecule is Cc1c(CCCc2ccccc2)ncnc1C(=O)N1CCC(N2CCC(O)CC2)CC1. The molecule has 2 aliphatic heterocycles. The molecule has 1 N–H and O–H groups in total. The predicted octanol–water partition coefficient (Wildman–Crippen LogP) is 3.02. The molecule has 1 amide bonds. The summed E-state index contributed by atoms with van der Waals surface area (Å²) in [7, 11) is 0. The van der Waals surface area contributed by atoms with E-state index < -0.39 is 0 Å². The summed E-state index contributed by atoms with van der Waals surface area (Å²) in [6, 6.07) is 11.0. The van der Waals surface area contributed by atoms with Crippen LogP contribution in [0.15, 0.2) is 36.7 Å². The fourth-order valence-electron chi connectivity index (χ4n) is 4.89. The van der Waals surface area contributed by atoms with Crippen LogP contribution in [0.1, 0.15) is 59.4 Å². The number of hydrogen-bond acceptors (Lipinski definition) is 5. The summed E-state index contributed by atoms with van der Waals surface area (Å²) >= 11 is 0. The number of aryl methyl sites for hydroxylation is 2. The molecule has 6 nitrogen and oxygen atoms in total. The van der Waals surface area contributed by atoms with E-state index in [1.807, 2.05) is 17.9 Å². The molecule has 2 saturated heterocycles. The number of likely N-dealkylation sites (tertiary alicyclic amines) is 2. The molecule has 2 aliphatic rings. The summed E-state index contributed by atoms with van der Waals surface area (Å²) < 4.78 is 0. The second kappa shape index (κ2) is 10.3. The van der Waals surface area contributed by atoms with E-state index in [9.17, 15) is 9.90 Å². The number of carbonyl (C=O) groups is 1. The number of rotatable bonds is 6. The van der Waals surface area contributed by atoms with E-state index in [0.717, 1.165) is 82.4 Å². The number of aliphatic hydroxyl groups is 1. The third-order valence-corrected chi connectivity index (χ3v) is 6.88. The summed E-state index contributed by atoms with van der Waals surface area (Å²) in [6.07, 6.45) is 8.00. The van der Waals surface area contributed by atoms with Crippen molar-refractivity contribution in [2.45, 2.75) is 64.0 Å². The van der Waals surface area contributed by atoms with Crippen molar-refractivity contribution in [1.29, 1.82) is 0 Å². The zero-order valence-electron chi connectivity index (χ0n) is 18.5. The Bertz CT molecular complexity index is 857. The zero-order valence-corrected chi connectivity index (χ0v) is 18.5. The first-order valence-electron chi connectivity index (χ1n) is 11.7. The summed E-state index contributed by atoms with van der Waals surface area (Å²) in [6.45, 7) is 5.47. The van der Waals surface area contributed by atoms with Gasteiger partial charge >= 0.3 is 0 Å². The number of amides is 1. The molecule has 4 rings (SSSR count). The molecule has 0 saturated carbocycles. The van der Waals surface area contributed by atoms with Crippen molar-refractivity contribution in [3.05, 3.63) is 59.2 Å². The van der Waals surface area contributed by atoms with E-state index in [1.54, 1.807) is 6.33 Å². The van der Waals surface area contributed by atoms with Gasteiger partial charge in [0.1, 0.15) is 12.0 Å². The highest BCUT2D eigenvalue weighted by Crippen LogP contribution is 2.23. The quantitative estimate of drug-likeness (QED) is 0.775. The molecule has 166 valence electrons. The normalized spacial score (nSPS) is 19.0. The maximum Gasteiger partial charge on any atom is 0.272 e. The lowest BCUT2D eigenvalue weighted by Crippen LogP contribution is -2.49. The molecule has 2 fully saturated rings. The smallest absolute Gasteiger partial charge is 0.272 e. The Morgan fingerprint density at radius 3 is 2.42 bits per heavy atom. The Kier molecular flexibility index (Phi) is 7.30. The third kappa shape index (κ3) is 5.49. The minimum atomic E-state index is -0.138. The van der Waals surface area contributed by atoms with Gasteiger partial charge in [-0.2, -0.15) is 0 Å². The molecule has 0 atom stereocenters. The summed E-state index contributed by atoms with van der Waals surface area (Å²) in [5.74, 6) is 0.0386. The summed E-state index contributed by atoms with van der Waals surface area (Å²) in [5, 5.41) is 9.73. The third-order valence-electron chi connectivity index (χ3n) is 6.88.